The molecule has 0 unspecified atom stereocenters. The summed E-state index contributed by atoms with van der Waals surface area (Å²) in [4.78, 5) is 0.491. The molecule has 0 aromatic heterocycles. The molecule has 0 atom stereocenters. The Bertz CT molecular complexity index is 411. The summed E-state index contributed by atoms with van der Waals surface area (Å²) < 4.78 is 57.2. The number of sulfone groups is 1. The van der Waals surface area contributed by atoms with Crippen molar-refractivity contribution in [3.05, 3.63) is 30.3 Å². The third-order valence-electron chi connectivity index (χ3n) is 1.48. The first-order chi connectivity index (χ1) is 6.83. The highest BCUT2D eigenvalue weighted by Gasteiger charge is 2.45. The van der Waals surface area contributed by atoms with Crippen LogP contribution in [0.5, 0.6) is 0 Å². The lowest BCUT2D eigenvalue weighted by Crippen LogP contribution is -2.24. The average Bonchev–Trinajstić information content (AvgIpc) is 2.15. The van der Waals surface area contributed by atoms with E-state index in [-0.39, 0.29) is 0 Å². The fourth-order valence-corrected chi connectivity index (χ4v) is 2.78. The van der Waals surface area contributed by atoms with Crippen molar-refractivity contribution in [2.75, 3.05) is 5.08 Å². The molecule has 15 heavy (non-hydrogen) atoms. The molecule has 0 aliphatic rings. The van der Waals surface area contributed by atoms with Crippen LogP contribution in [0.3, 0.4) is 0 Å². The number of halogens is 3. The molecule has 2 nitrogen and oxygen atoms in total. The standard InChI is InChI=1S/C8H7F3O2S2/c9-8(10,11)15(12,13)6-14-7-4-2-1-3-5-7/h1-5H,6H2. The van der Waals surface area contributed by atoms with Crippen LogP contribution in [0.15, 0.2) is 35.2 Å². The van der Waals surface area contributed by atoms with E-state index in [4.69, 9.17) is 0 Å². The summed E-state index contributed by atoms with van der Waals surface area (Å²) in [7, 11) is -5.03. The summed E-state index contributed by atoms with van der Waals surface area (Å²) in [6.45, 7) is 0. The second kappa shape index (κ2) is 4.44. The third kappa shape index (κ3) is 3.42. The monoisotopic (exact) mass is 256 g/mol. The van der Waals surface area contributed by atoms with Crippen molar-refractivity contribution < 1.29 is 21.6 Å². The minimum atomic E-state index is -5.17. The van der Waals surface area contributed by atoms with E-state index < -0.39 is 20.4 Å². The van der Waals surface area contributed by atoms with Gasteiger partial charge in [0.25, 0.3) is 9.84 Å². The lowest BCUT2D eigenvalue weighted by atomic mass is 10.4. The van der Waals surface area contributed by atoms with Gasteiger partial charge in [-0.1, -0.05) is 18.2 Å². The van der Waals surface area contributed by atoms with Crippen molar-refractivity contribution >= 4 is 21.6 Å². The number of thioether (sulfide) groups is 1. The van der Waals surface area contributed by atoms with Gasteiger partial charge in [0.1, 0.15) is 5.08 Å². The lowest BCUT2D eigenvalue weighted by molar-refractivity contribution is -0.0430. The molecule has 0 aliphatic heterocycles. The molecule has 1 aromatic rings. The third-order valence-corrected chi connectivity index (χ3v) is 4.50. The van der Waals surface area contributed by atoms with Crippen LogP contribution >= 0.6 is 11.8 Å². The Balaban J connectivity index is 2.67. The normalized spacial score (nSPS) is 12.7. The van der Waals surface area contributed by atoms with Gasteiger partial charge < -0.3 is 0 Å². The molecular weight excluding hydrogens is 249 g/mol. The van der Waals surface area contributed by atoms with E-state index in [1.807, 2.05) is 0 Å². The zero-order chi connectivity index (χ0) is 11.5. The van der Waals surface area contributed by atoms with Gasteiger partial charge in [0, 0.05) is 4.90 Å². The molecule has 0 spiro atoms. The van der Waals surface area contributed by atoms with Gasteiger partial charge in [0.05, 0.1) is 0 Å². The Morgan fingerprint density at radius 1 is 1.13 bits per heavy atom. The Morgan fingerprint density at radius 2 is 1.67 bits per heavy atom. The molecule has 0 fully saturated rings. The van der Waals surface area contributed by atoms with Gasteiger partial charge >= 0.3 is 5.51 Å². The van der Waals surface area contributed by atoms with Gasteiger partial charge in [-0.15, -0.1) is 11.8 Å². The van der Waals surface area contributed by atoms with E-state index in [1.165, 1.54) is 0 Å². The van der Waals surface area contributed by atoms with Gasteiger partial charge in [-0.2, -0.15) is 13.2 Å². The molecule has 0 heterocycles. The summed E-state index contributed by atoms with van der Waals surface area (Å²) in [5, 5.41) is -0.986. The molecular formula is C8H7F3O2S2. The van der Waals surface area contributed by atoms with Crippen molar-refractivity contribution in [1.82, 2.24) is 0 Å². The second-order valence-corrected chi connectivity index (χ2v) is 6.03. The molecule has 1 aromatic carbocycles. The molecule has 0 saturated carbocycles. The molecule has 1 rings (SSSR count). The zero-order valence-corrected chi connectivity index (χ0v) is 8.99. The van der Waals surface area contributed by atoms with E-state index in [2.05, 4.69) is 0 Å². The fourth-order valence-electron chi connectivity index (χ4n) is 0.729. The van der Waals surface area contributed by atoms with E-state index in [0.29, 0.717) is 16.7 Å². The summed E-state index contributed by atoms with van der Waals surface area (Å²) >= 11 is 0.646. The maximum Gasteiger partial charge on any atom is 0.498 e. The zero-order valence-electron chi connectivity index (χ0n) is 7.36. The summed E-state index contributed by atoms with van der Waals surface area (Å²) in [6, 6.07) is 8.06. The molecule has 0 amide bonds. The van der Waals surface area contributed by atoms with Crippen LogP contribution in [-0.4, -0.2) is 19.0 Å². The van der Waals surface area contributed by atoms with Crippen LogP contribution in [0.2, 0.25) is 0 Å². The minimum absolute atomic E-state index is 0.491. The molecule has 7 heteroatoms. The largest absolute Gasteiger partial charge is 0.498 e. The van der Waals surface area contributed by atoms with E-state index in [9.17, 15) is 21.6 Å². The molecule has 0 saturated heterocycles. The quantitative estimate of drug-likeness (QED) is 0.780. The Morgan fingerprint density at radius 3 is 2.13 bits per heavy atom. The first-order valence-electron chi connectivity index (χ1n) is 3.80. The summed E-state index contributed by atoms with van der Waals surface area (Å²) in [6.07, 6.45) is 0. The first-order valence-corrected chi connectivity index (χ1v) is 6.43. The Hall–Kier alpha value is -0.690. The van der Waals surface area contributed by atoms with Crippen molar-refractivity contribution in [2.24, 2.45) is 0 Å². The van der Waals surface area contributed by atoms with Crippen molar-refractivity contribution in [3.63, 3.8) is 0 Å². The molecule has 84 valence electrons. The van der Waals surface area contributed by atoms with Gasteiger partial charge in [-0.05, 0) is 12.1 Å². The molecule has 0 N–H and O–H groups in total. The summed E-state index contributed by atoms with van der Waals surface area (Å²) in [5.74, 6) is 0. The first kappa shape index (κ1) is 12.4. The topological polar surface area (TPSA) is 34.1 Å². The maximum atomic E-state index is 11.9. The smallest absolute Gasteiger partial charge is 0.219 e. The van der Waals surface area contributed by atoms with E-state index in [1.54, 1.807) is 30.3 Å². The summed E-state index contributed by atoms with van der Waals surface area (Å²) in [5.41, 5.74) is -5.17. The van der Waals surface area contributed by atoms with Crippen LogP contribution in [-0.2, 0) is 9.84 Å². The van der Waals surface area contributed by atoms with Crippen LogP contribution in [0.4, 0.5) is 13.2 Å². The van der Waals surface area contributed by atoms with Crippen molar-refractivity contribution in [1.29, 1.82) is 0 Å². The van der Waals surface area contributed by atoms with Crippen molar-refractivity contribution in [2.45, 2.75) is 10.4 Å². The SMILES string of the molecule is O=S(=O)(CSc1ccccc1)C(F)(F)F. The van der Waals surface area contributed by atoms with Crippen LogP contribution < -0.4 is 0 Å². The predicted molar refractivity (Wildman–Crippen MR) is 52.1 cm³/mol. The van der Waals surface area contributed by atoms with Gasteiger partial charge in [-0.3, -0.25) is 0 Å². The number of hydrogen-bond donors (Lipinski definition) is 0. The van der Waals surface area contributed by atoms with Gasteiger partial charge in [0.2, 0.25) is 0 Å². The number of alkyl halides is 3. The van der Waals surface area contributed by atoms with Gasteiger partial charge in [-0.25, -0.2) is 8.42 Å². The molecule has 0 radical (unpaired) electrons. The number of hydrogen-bond acceptors (Lipinski definition) is 3. The van der Waals surface area contributed by atoms with Crippen molar-refractivity contribution in [3.8, 4) is 0 Å². The molecule has 0 aliphatic carbocycles. The predicted octanol–water partition coefficient (Wildman–Crippen LogP) is 2.67. The van der Waals surface area contributed by atoms with Crippen LogP contribution in [0, 0.1) is 0 Å². The highest BCUT2D eigenvalue weighted by molar-refractivity contribution is 8.12. The average molecular weight is 256 g/mol. The van der Waals surface area contributed by atoms with E-state index >= 15 is 0 Å². The Labute approximate surface area is 89.4 Å². The lowest BCUT2D eigenvalue weighted by Gasteiger charge is -2.07. The maximum absolute atomic E-state index is 11.9. The highest BCUT2D eigenvalue weighted by Crippen LogP contribution is 2.29. The van der Waals surface area contributed by atoms with Gasteiger partial charge in [0.15, 0.2) is 0 Å². The Kier molecular flexibility index (Phi) is 3.67. The second-order valence-electron chi connectivity index (χ2n) is 2.64. The minimum Gasteiger partial charge on any atom is -0.219 e. The molecule has 0 bridgehead atoms. The van der Waals surface area contributed by atoms with E-state index in [0.717, 1.165) is 0 Å². The van der Waals surface area contributed by atoms with Crippen LogP contribution in [0.1, 0.15) is 0 Å². The van der Waals surface area contributed by atoms with Crippen LogP contribution in [0.25, 0.3) is 0 Å². The number of rotatable bonds is 3. The fraction of sp³-hybridized carbons (Fsp3) is 0.250. The highest BCUT2D eigenvalue weighted by atomic mass is 32.3. The number of benzene rings is 1.